The number of nitrogens with one attached hydrogen (secondary N) is 3. The van der Waals surface area contributed by atoms with E-state index in [2.05, 4.69) is 28.1 Å². The molecular formula is C19H23N3O2. The first-order valence-electron chi connectivity index (χ1n) is 8.23. The summed E-state index contributed by atoms with van der Waals surface area (Å²) in [5.74, 6) is 1.39. The van der Waals surface area contributed by atoms with Crippen LogP contribution in [0.5, 0.6) is 5.75 Å². The molecule has 1 aliphatic heterocycles. The average Bonchev–Trinajstić information content (AvgIpc) is 3.16. The highest BCUT2D eigenvalue weighted by Crippen LogP contribution is 2.23. The minimum atomic E-state index is -0.207. The molecule has 2 aromatic carbocycles. The Labute approximate surface area is 142 Å². The fourth-order valence-corrected chi connectivity index (χ4v) is 2.88. The summed E-state index contributed by atoms with van der Waals surface area (Å²) in [7, 11) is 1.63. The quantitative estimate of drug-likeness (QED) is 0.791. The summed E-state index contributed by atoms with van der Waals surface area (Å²) in [6.07, 6.45) is 1.18. The molecule has 1 unspecified atom stereocenters. The van der Waals surface area contributed by atoms with Gasteiger partial charge in [-0.05, 0) is 54.3 Å². The second kappa shape index (κ2) is 7.84. The van der Waals surface area contributed by atoms with E-state index in [0.29, 0.717) is 12.5 Å². The lowest BCUT2D eigenvalue weighted by atomic mass is 9.98. The largest absolute Gasteiger partial charge is 0.497 e. The number of urea groups is 1. The number of amides is 2. The Morgan fingerprint density at radius 3 is 2.54 bits per heavy atom. The van der Waals surface area contributed by atoms with Gasteiger partial charge in [0.05, 0.1) is 7.11 Å². The molecule has 2 amide bonds. The van der Waals surface area contributed by atoms with Gasteiger partial charge in [0.1, 0.15) is 5.75 Å². The van der Waals surface area contributed by atoms with Crippen LogP contribution >= 0.6 is 0 Å². The Bertz CT molecular complexity index is 662. The first-order valence-corrected chi connectivity index (χ1v) is 8.23. The SMILES string of the molecule is COc1ccc(CNC(=O)Nc2ccc(C3CCNC3)cc2)cc1. The number of ether oxygens (including phenoxy) is 1. The standard InChI is InChI=1S/C19H23N3O2/c1-24-18-8-2-14(3-9-18)12-21-19(23)22-17-6-4-15(5-7-17)16-10-11-20-13-16/h2-9,16,20H,10-13H2,1H3,(H2,21,22,23). The highest BCUT2D eigenvalue weighted by molar-refractivity contribution is 5.89. The van der Waals surface area contributed by atoms with E-state index in [1.54, 1.807) is 7.11 Å². The Hall–Kier alpha value is -2.53. The van der Waals surface area contributed by atoms with E-state index in [1.165, 1.54) is 12.0 Å². The van der Waals surface area contributed by atoms with Crippen LogP contribution in [-0.2, 0) is 6.54 Å². The molecule has 5 nitrogen and oxygen atoms in total. The molecule has 0 aromatic heterocycles. The maximum atomic E-state index is 12.0. The Morgan fingerprint density at radius 1 is 1.17 bits per heavy atom. The van der Waals surface area contributed by atoms with Crippen molar-refractivity contribution in [3.8, 4) is 5.75 Å². The van der Waals surface area contributed by atoms with Crippen molar-refractivity contribution < 1.29 is 9.53 Å². The third kappa shape index (κ3) is 4.26. The van der Waals surface area contributed by atoms with Crippen molar-refractivity contribution in [2.24, 2.45) is 0 Å². The summed E-state index contributed by atoms with van der Waals surface area (Å²) in [6.45, 7) is 2.59. The molecule has 2 aromatic rings. The fraction of sp³-hybridized carbons (Fsp3) is 0.316. The van der Waals surface area contributed by atoms with Gasteiger partial charge in [-0.15, -0.1) is 0 Å². The summed E-state index contributed by atoms with van der Waals surface area (Å²) >= 11 is 0. The highest BCUT2D eigenvalue weighted by Gasteiger charge is 2.16. The van der Waals surface area contributed by atoms with Crippen LogP contribution in [0.4, 0.5) is 10.5 Å². The van der Waals surface area contributed by atoms with Crippen LogP contribution < -0.4 is 20.7 Å². The van der Waals surface area contributed by atoms with Crippen LogP contribution in [0.3, 0.4) is 0 Å². The summed E-state index contributed by atoms with van der Waals surface area (Å²) in [5, 5.41) is 9.09. The number of carbonyl (C=O) groups is 1. The van der Waals surface area contributed by atoms with Crippen LogP contribution in [0.25, 0.3) is 0 Å². The number of rotatable bonds is 5. The van der Waals surface area contributed by atoms with Crippen molar-refractivity contribution in [2.75, 3.05) is 25.5 Å². The molecule has 24 heavy (non-hydrogen) atoms. The van der Waals surface area contributed by atoms with E-state index in [9.17, 15) is 4.79 Å². The van der Waals surface area contributed by atoms with E-state index >= 15 is 0 Å². The topological polar surface area (TPSA) is 62.4 Å². The molecule has 0 saturated carbocycles. The Morgan fingerprint density at radius 2 is 1.92 bits per heavy atom. The summed E-state index contributed by atoms with van der Waals surface area (Å²) in [5.41, 5.74) is 3.15. The molecule has 5 heteroatoms. The third-order valence-electron chi connectivity index (χ3n) is 4.31. The monoisotopic (exact) mass is 325 g/mol. The van der Waals surface area contributed by atoms with E-state index in [4.69, 9.17) is 4.74 Å². The van der Waals surface area contributed by atoms with Gasteiger partial charge in [-0.1, -0.05) is 24.3 Å². The third-order valence-corrected chi connectivity index (χ3v) is 4.31. The van der Waals surface area contributed by atoms with Crippen LogP contribution in [0, 0.1) is 0 Å². The Balaban J connectivity index is 1.48. The molecule has 0 spiro atoms. The summed E-state index contributed by atoms with van der Waals surface area (Å²) in [6, 6.07) is 15.5. The molecule has 1 fully saturated rings. The predicted octanol–water partition coefficient (Wildman–Crippen LogP) is 3.09. The average molecular weight is 325 g/mol. The lowest BCUT2D eigenvalue weighted by Crippen LogP contribution is -2.28. The lowest BCUT2D eigenvalue weighted by Gasteiger charge is -2.11. The van der Waals surface area contributed by atoms with Crippen molar-refractivity contribution in [1.82, 2.24) is 10.6 Å². The maximum Gasteiger partial charge on any atom is 0.319 e. The predicted molar refractivity (Wildman–Crippen MR) is 95.5 cm³/mol. The highest BCUT2D eigenvalue weighted by atomic mass is 16.5. The molecule has 1 aliphatic rings. The molecule has 126 valence electrons. The second-order valence-electron chi connectivity index (χ2n) is 5.97. The van der Waals surface area contributed by atoms with Gasteiger partial charge >= 0.3 is 6.03 Å². The van der Waals surface area contributed by atoms with Gasteiger partial charge in [-0.3, -0.25) is 0 Å². The van der Waals surface area contributed by atoms with Gasteiger partial charge < -0.3 is 20.7 Å². The minimum Gasteiger partial charge on any atom is -0.497 e. The van der Waals surface area contributed by atoms with Crippen molar-refractivity contribution in [3.63, 3.8) is 0 Å². The summed E-state index contributed by atoms with van der Waals surface area (Å²) in [4.78, 5) is 12.0. The van der Waals surface area contributed by atoms with Crippen molar-refractivity contribution >= 4 is 11.7 Å². The molecule has 0 radical (unpaired) electrons. The number of hydrogen-bond donors (Lipinski definition) is 3. The van der Waals surface area contributed by atoms with Gasteiger partial charge in [0.25, 0.3) is 0 Å². The second-order valence-corrected chi connectivity index (χ2v) is 5.97. The molecule has 0 aliphatic carbocycles. The van der Waals surface area contributed by atoms with Crippen LogP contribution in [0.2, 0.25) is 0 Å². The summed E-state index contributed by atoms with van der Waals surface area (Å²) < 4.78 is 5.12. The Kier molecular flexibility index (Phi) is 5.33. The zero-order valence-corrected chi connectivity index (χ0v) is 13.8. The molecule has 0 bridgehead atoms. The maximum absolute atomic E-state index is 12.0. The van der Waals surface area contributed by atoms with Gasteiger partial charge in [0, 0.05) is 18.8 Å². The van der Waals surface area contributed by atoms with Crippen molar-refractivity contribution in [3.05, 3.63) is 59.7 Å². The smallest absolute Gasteiger partial charge is 0.319 e. The zero-order valence-electron chi connectivity index (χ0n) is 13.8. The first kappa shape index (κ1) is 16.3. The molecule has 1 heterocycles. The number of hydrogen-bond acceptors (Lipinski definition) is 3. The van der Waals surface area contributed by atoms with Gasteiger partial charge in [0.2, 0.25) is 0 Å². The van der Waals surface area contributed by atoms with E-state index in [-0.39, 0.29) is 6.03 Å². The molecule has 3 N–H and O–H groups in total. The lowest BCUT2D eigenvalue weighted by molar-refractivity contribution is 0.251. The first-order chi connectivity index (χ1) is 11.7. The van der Waals surface area contributed by atoms with E-state index < -0.39 is 0 Å². The molecular weight excluding hydrogens is 302 g/mol. The molecule has 1 atom stereocenters. The number of benzene rings is 2. The fourth-order valence-electron chi connectivity index (χ4n) is 2.88. The minimum absolute atomic E-state index is 0.207. The van der Waals surface area contributed by atoms with Crippen LogP contribution in [0.15, 0.2) is 48.5 Å². The van der Waals surface area contributed by atoms with E-state index in [0.717, 1.165) is 30.1 Å². The van der Waals surface area contributed by atoms with Crippen molar-refractivity contribution in [2.45, 2.75) is 18.9 Å². The number of anilines is 1. The zero-order chi connectivity index (χ0) is 16.8. The number of carbonyl (C=O) groups excluding carboxylic acids is 1. The molecule has 1 saturated heterocycles. The van der Waals surface area contributed by atoms with Gasteiger partial charge in [-0.25, -0.2) is 4.79 Å². The van der Waals surface area contributed by atoms with Gasteiger partial charge in [0.15, 0.2) is 0 Å². The van der Waals surface area contributed by atoms with Crippen LogP contribution in [0.1, 0.15) is 23.5 Å². The normalized spacial score (nSPS) is 16.6. The van der Waals surface area contributed by atoms with Crippen molar-refractivity contribution in [1.29, 1.82) is 0 Å². The van der Waals surface area contributed by atoms with Crippen LogP contribution in [-0.4, -0.2) is 26.2 Å². The number of methoxy groups -OCH3 is 1. The van der Waals surface area contributed by atoms with Gasteiger partial charge in [-0.2, -0.15) is 0 Å². The van der Waals surface area contributed by atoms with E-state index in [1.807, 2.05) is 36.4 Å². The molecule has 3 rings (SSSR count).